The number of anilines is 1. The minimum atomic E-state index is -0.647. The lowest BCUT2D eigenvalue weighted by Crippen LogP contribution is -2.27. The van der Waals surface area contributed by atoms with E-state index in [1.165, 1.54) is 18.5 Å². The van der Waals surface area contributed by atoms with Gasteiger partial charge in [0.15, 0.2) is 0 Å². The molecule has 2 rings (SSSR count). The molecular formula is C13H11N3O3. The summed E-state index contributed by atoms with van der Waals surface area (Å²) in [5, 5.41) is 0. The second-order valence-corrected chi connectivity index (χ2v) is 3.69. The van der Waals surface area contributed by atoms with Crippen molar-refractivity contribution in [1.29, 1.82) is 0 Å². The summed E-state index contributed by atoms with van der Waals surface area (Å²) in [6, 6.07) is 9.75. The molecule has 1 heterocycles. The molecular weight excluding hydrogens is 246 g/mol. The molecule has 0 fully saturated rings. The van der Waals surface area contributed by atoms with Crippen LogP contribution in [-0.2, 0) is 4.84 Å². The Bertz CT molecular complexity index is 599. The van der Waals surface area contributed by atoms with Crippen molar-refractivity contribution < 1.29 is 14.4 Å². The average molecular weight is 257 g/mol. The number of hydroxylamine groups is 1. The molecule has 19 heavy (non-hydrogen) atoms. The number of nitrogens with zero attached hydrogens (tertiary/aromatic N) is 1. The van der Waals surface area contributed by atoms with Crippen LogP contribution >= 0.6 is 0 Å². The molecule has 2 aromatic rings. The fourth-order valence-corrected chi connectivity index (χ4v) is 1.37. The van der Waals surface area contributed by atoms with Crippen molar-refractivity contribution in [1.82, 2.24) is 10.5 Å². The van der Waals surface area contributed by atoms with Gasteiger partial charge in [-0.2, -0.15) is 5.48 Å². The van der Waals surface area contributed by atoms with Crippen LogP contribution in [0, 0.1) is 0 Å². The van der Waals surface area contributed by atoms with Gasteiger partial charge in [0.1, 0.15) is 0 Å². The number of hydrogen-bond donors (Lipinski definition) is 2. The van der Waals surface area contributed by atoms with E-state index in [4.69, 9.17) is 5.73 Å². The van der Waals surface area contributed by atoms with Crippen molar-refractivity contribution in [2.45, 2.75) is 0 Å². The van der Waals surface area contributed by atoms with Gasteiger partial charge in [-0.25, -0.2) is 4.79 Å². The molecule has 0 saturated carbocycles. The molecule has 6 heteroatoms. The predicted octanol–water partition coefficient (Wildman–Crippen LogP) is 1.17. The number of rotatable bonds is 2. The van der Waals surface area contributed by atoms with Gasteiger partial charge in [-0.3, -0.25) is 9.78 Å². The number of nitrogens with two attached hydrogens (primary N) is 1. The lowest BCUT2D eigenvalue weighted by Gasteiger charge is -2.05. The maximum Gasteiger partial charge on any atom is 0.362 e. The molecule has 0 spiro atoms. The van der Waals surface area contributed by atoms with E-state index in [-0.39, 0.29) is 5.56 Å². The lowest BCUT2D eigenvalue weighted by molar-refractivity contribution is 0.0230. The number of aromatic nitrogens is 1. The summed E-state index contributed by atoms with van der Waals surface area (Å²) in [7, 11) is 0. The Kier molecular flexibility index (Phi) is 3.72. The minimum Gasteiger partial charge on any atom is -0.397 e. The number of carbonyl (C=O) groups excluding carboxylic acids is 2. The van der Waals surface area contributed by atoms with Crippen molar-refractivity contribution in [3.05, 3.63) is 59.9 Å². The molecule has 0 radical (unpaired) electrons. The molecule has 1 aromatic heterocycles. The summed E-state index contributed by atoms with van der Waals surface area (Å²) < 4.78 is 0. The molecule has 0 saturated heterocycles. The Morgan fingerprint density at radius 1 is 1.11 bits per heavy atom. The van der Waals surface area contributed by atoms with Gasteiger partial charge < -0.3 is 10.6 Å². The van der Waals surface area contributed by atoms with E-state index in [0.717, 1.165) is 0 Å². The molecule has 6 nitrogen and oxygen atoms in total. The fraction of sp³-hybridized carbons (Fsp3) is 0. The van der Waals surface area contributed by atoms with Gasteiger partial charge >= 0.3 is 5.97 Å². The molecule has 1 amide bonds. The molecule has 96 valence electrons. The van der Waals surface area contributed by atoms with E-state index in [1.54, 1.807) is 30.3 Å². The van der Waals surface area contributed by atoms with Crippen molar-refractivity contribution in [3.8, 4) is 0 Å². The van der Waals surface area contributed by atoms with E-state index in [1.807, 2.05) is 5.48 Å². The third-order valence-electron chi connectivity index (χ3n) is 2.27. The number of nitrogen functional groups attached to an aromatic ring is 1. The van der Waals surface area contributed by atoms with Crippen LogP contribution in [0.25, 0.3) is 0 Å². The minimum absolute atomic E-state index is 0.209. The first-order valence-corrected chi connectivity index (χ1v) is 5.44. The second-order valence-electron chi connectivity index (χ2n) is 3.69. The molecule has 0 aliphatic heterocycles. The summed E-state index contributed by atoms with van der Waals surface area (Å²) in [6.45, 7) is 0. The van der Waals surface area contributed by atoms with Crippen molar-refractivity contribution >= 4 is 17.6 Å². The van der Waals surface area contributed by atoms with E-state index < -0.39 is 11.9 Å². The van der Waals surface area contributed by atoms with Gasteiger partial charge in [0.25, 0.3) is 5.91 Å². The van der Waals surface area contributed by atoms with Crippen LogP contribution in [0.3, 0.4) is 0 Å². The molecule has 0 bridgehead atoms. The highest BCUT2D eigenvalue weighted by molar-refractivity contribution is 5.96. The van der Waals surface area contributed by atoms with Crippen LogP contribution in [-0.4, -0.2) is 16.9 Å². The summed E-state index contributed by atoms with van der Waals surface area (Å²) in [6.07, 6.45) is 2.73. The highest BCUT2D eigenvalue weighted by Crippen LogP contribution is 2.04. The first-order chi connectivity index (χ1) is 9.16. The van der Waals surface area contributed by atoms with E-state index in [9.17, 15) is 9.59 Å². The SMILES string of the molecule is Nc1cncc(C(=O)NOC(=O)c2ccccc2)c1. The van der Waals surface area contributed by atoms with Crippen LogP contribution in [0.5, 0.6) is 0 Å². The first-order valence-electron chi connectivity index (χ1n) is 5.44. The largest absolute Gasteiger partial charge is 0.397 e. The zero-order valence-electron chi connectivity index (χ0n) is 9.87. The summed E-state index contributed by atoms with van der Waals surface area (Å²) in [4.78, 5) is 31.7. The van der Waals surface area contributed by atoms with E-state index in [2.05, 4.69) is 9.82 Å². The van der Waals surface area contributed by atoms with Crippen LogP contribution in [0.4, 0.5) is 5.69 Å². The Morgan fingerprint density at radius 3 is 2.53 bits per heavy atom. The van der Waals surface area contributed by atoms with Gasteiger partial charge in [-0.1, -0.05) is 18.2 Å². The van der Waals surface area contributed by atoms with E-state index in [0.29, 0.717) is 11.3 Å². The summed E-state index contributed by atoms with van der Waals surface area (Å²) >= 11 is 0. The number of amides is 1. The van der Waals surface area contributed by atoms with Crippen LogP contribution in [0.1, 0.15) is 20.7 Å². The van der Waals surface area contributed by atoms with Crippen molar-refractivity contribution in [3.63, 3.8) is 0 Å². The lowest BCUT2D eigenvalue weighted by atomic mass is 10.2. The second kappa shape index (κ2) is 5.63. The summed E-state index contributed by atoms with van der Waals surface area (Å²) in [5.74, 6) is -1.24. The van der Waals surface area contributed by atoms with Gasteiger partial charge in [-0.15, -0.1) is 0 Å². The Morgan fingerprint density at radius 2 is 1.84 bits per heavy atom. The first kappa shape index (κ1) is 12.6. The van der Waals surface area contributed by atoms with Crippen molar-refractivity contribution in [2.24, 2.45) is 0 Å². The number of benzene rings is 1. The monoisotopic (exact) mass is 257 g/mol. The molecule has 0 aliphatic carbocycles. The third-order valence-corrected chi connectivity index (χ3v) is 2.27. The van der Waals surface area contributed by atoms with Crippen molar-refractivity contribution in [2.75, 3.05) is 5.73 Å². The normalized spacial score (nSPS) is 9.68. The summed E-state index contributed by atoms with van der Waals surface area (Å²) in [5.41, 5.74) is 8.43. The van der Waals surface area contributed by atoms with Crippen LogP contribution in [0.2, 0.25) is 0 Å². The van der Waals surface area contributed by atoms with Crippen LogP contribution < -0.4 is 11.2 Å². The fourth-order valence-electron chi connectivity index (χ4n) is 1.37. The van der Waals surface area contributed by atoms with Gasteiger partial charge in [0.2, 0.25) is 0 Å². The van der Waals surface area contributed by atoms with Gasteiger partial charge in [0.05, 0.1) is 16.8 Å². The molecule has 3 N–H and O–H groups in total. The quantitative estimate of drug-likeness (QED) is 0.787. The molecule has 0 unspecified atom stereocenters. The topological polar surface area (TPSA) is 94.3 Å². The van der Waals surface area contributed by atoms with Gasteiger partial charge in [0, 0.05) is 12.4 Å². The highest BCUT2D eigenvalue weighted by atomic mass is 16.7. The van der Waals surface area contributed by atoms with E-state index >= 15 is 0 Å². The predicted molar refractivity (Wildman–Crippen MR) is 68.0 cm³/mol. The van der Waals surface area contributed by atoms with Gasteiger partial charge in [-0.05, 0) is 18.2 Å². The smallest absolute Gasteiger partial charge is 0.362 e. The number of carbonyl (C=O) groups is 2. The molecule has 0 aliphatic rings. The molecule has 0 atom stereocenters. The Labute approximate surface area is 109 Å². The maximum atomic E-state index is 11.6. The maximum absolute atomic E-state index is 11.6. The number of pyridine rings is 1. The Hall–Kier alpha value is -2.89. The Balaban J connectivity index is 1.96. The zero-order valence-corrected chi connectivity index (χ0v) is 9.87. The average Bonchev–Trinajstić information content (AvgIpc) is 2.45. The number of hydrogen-bond acceptors (Lipinski definition) is 5. The van der Waals surface area contributed by atoms with Crippen LogP contribution in [0.15, 0.2) is 48.8 Å². The highest BCUT2D eigenvalue weighted by Gasteiger charge is 2.11. The standard InChI is InChI=1S/C13H11N3O3/c14-11-6-10(7-15-8-11)12(17)16-19-13(18)9-4-2-1-3-5-9/h1-8H,14H2,(H,16,17). The molecule has 1 aromatic carbocycles. The third kappa shape index (κ3) is 3.29. The number of nitrogens with one attached hydrogen (secondary N) is 1. The zero-order chi connectivity index (χ0) is 13.7.